The van der Waals surface area contributed by atoms with Gasteiger partial charge in [-0.15, -0.1) is 0 Å². The van der Waals surface area contributed by atoms with Crippen molar-refractivity contribution in [2.24, 2.45) is 0 Å². The normalized spacial score (nSPS) is 20.4. The monoisotopic (exact) mass is 407 g/mol. The second kappa shape index (κ2) is 10.7. The van der Waals surface area contributed by atoms with Gasteiger partial charge in [-0.3, -0.25) is 14.6 Å². The van der Waals surface area contributed by atoms with Crippen LogP contribution in [-0.4, -0.2) is 89.0 Å². The molecule has 1 amide bonds. The summed E-state index contributed by atoms with van der Waals surface area (Å²) in [5, 5.41) is 3.00. The molecule has 2 fully saturated rings. The van der Waals surface area contributed by atoms with Gasteiger partial charge >= 0.3 is 0 Å². The SMILES string of the molecule is COc1ccc(CN2CCN(CC(=O)NC[C@H]3CCCO3)CC2)c(OC)c1OC. The lowest BCUT2D eigenvalue weighted by atomic mass is 10.1. The fraction of sp³-hybridized carbons (Fsp3) is 0.667. The molecule has 0 aliphatic carbocycles. The maximum absolute atomic E-state index is 12.2. The zero-order valence-electron chi connectivity index (χ0n) is 17.7. The third kappa shape index (κ3) is 5.74. The van der Waals surface area contributed by atoms with E-state index in [9.17, 15) is 4.79 Å². The van der Waals surface area contributed by atoms with Gasteiger partial charge in [0.25, 0.3) is 0 Å². The van der Waals surface area contributed by atoms with Crippen LogP contribution in [0.15, 0.2) is 12.1 Å². The zero-order chi connectivity index (χ0) is 20.6. The van der Waals surface area contributed by atoms with E-state index in [0.717, 1.165) is 57.7 Å². The average molecular weight is 408 g/mol. The standard InChI is InChI=1S/C21H33N3O5/c1-26-18-7-6-16(20(27-2)21(18)28-3)14-23-8-10-24(11-9-23)15-19(25)22-13-17-5-4-12-29-17/h6-7,17H,4-5,8-15H2,1-3H3,(H,22,25)/t17-/m1/s1. The zero-order valence-corrected chi connectivity index (χ0v) is 17.7. The molecule has 0 saturated carbocycles. The van der Waals surface area contributed by atoms with Crippen LogP contribution in [0.1, 0.15) is 18.4 Å². The van der Waals surface area contributed by atoms with E-state index in [1.54, 1.807) is 21.3 Å². The Morgan fingerprint density at radius 3 is 2.41 bits per heavy atom. The fourth-order valence-electron chi connectivity index (χ4n) is 3.93. The summed E-state index contributed by atoms with van der Waals surface area (Å²) in [6, 6.07) is 3.93. The van der Waals surface area contributed by atoms with Crippen molar-refractivity contribution in [3.05, 3.63) is 17.7 Å². The number of carbonyl (C=O) groups is 1. The largest absolute Gasteiger partial charge is 0.493 e. The molecular weight excluding hydrogens is 374 g/mol. The molecule has 8 nitrogen and oxygen atoms in total. The van der Waals surface area contributed by atoms with Crippen LogP contribution in [0.4, 0.5) is 0 Å². The molecule has 0 bridgehead atoms. The highest BCUT2D eigenvalue weighted by molar-refractivity contribution is 5.78. The van der Waals surface area contributed by atoms with Crippen molar-refractivity contribution in [1.82, 2.24) is 15.1 Å². The van der Waals surface area contributed by atoms with Crippen LogP contribution in [0.2, 0.25) is 0 Å². The molecule has 0 spiro atoms. The molecule has 2 saturated heterocycles. The van der Waals surface area contributed by atoms with Crippen LogP contribution in [-0.2, 0) is 16.1 Å². The molecule has 3 rings (SSSR count). The Balaban J connectivity index is 1.46. The number of rotatable bonds is 9. The van der Waals surface area contributed by atoms with E-state index in [4.69, 9.17) is 18.9 Å². The second-order valence-corrected chi connectivity index (χ2v) is 7.48. The lowest BCUT2D eigenvalue weighted by Gasteiger charge is -2.34. The summed E-state index contributed by atoms with van der Waals surface area (Å²) in [4.78, 5) is 16.8. The van der Waals surface area contributed by atoms with Crippen LogP contribution in [0, 0.1) is 0 Å². The van der Waals surface area contributed by atoms with E-state index in [2.05, 4.69) is 15.1 Å². The summed E-state index contributed by atoms with van der Waals surface area (Å²) in [6.07, 6.45) is 2.32. The highest BCUT2D eigenvalue weighted by Crippen LogP contribution is 2.40. The number of nitrogens with one attached hydrogen (secondary N) is 1. The Morgan fingerprint density at radius 1 is 1.07 bits per heavy atom. The van der Waals surface area contributed by atoms with Gasteiger partial charge in [0.2, 0.25) is 11.7 Å². The molecule has 1 N–H and O–H groups in total. The minimum absolute atomic E-state index is 0.0792. The second-order valence-electron chi connectivity index (χ2n) is 7.48. The number of piperazine rings is 1. The van der Waals surface area contributed by atoms with Crippen LogP contribution < -0.4 is 19.5 Å². The predicted molar refractivity (Wildman–Crippen MR) is 110 cm³/mol. The van der Waals surface area contributed by atoms with Gasteiger partial charge in [0.05, 0.1) is 34.0 Å². The minimum Gasteiger partial charge on any atom is -0.493 e. The van der Waals surface area contributed by atoms with Crippen molar-refractivity contribution >= 4 is 5.91 Å². The van der Waals surface area contributed by atoms with E-state index >= 15 is 0 Å². The first-order valence-corrected chi connectivity index (χ1v) is 10.3. The Labute approximate surface area is 173 Å². The molecule has 2 heterocycles. The van der Waals surface area contributed by atoms with Crippen LogP contribution >= 0.6 is 0 Å². The number of nitrogens with zero attached hydrogens (tertiary/aromatic N) is 2. The molecule has 2 aliphatic rings. The molecule has 1 atom stereocenters. The molecular formula is C21H33N3O5. The van der Waals surface area contributed by atoms with Crippen molar-refractivity contribution in [2.75, 3.05) is 67.2 Å². The van der Waals surface area contributed by atoms with Gasteiger partial charge in [0.15, 0.2) is 11.5 Å². The van der Waals surface area contributed by atoms with Gasteiger partial charge in [-0.25, -0.2) is 0 Å². The molecule has 8 heteroatoms. The van der Waals surface area contributed by atoms with E-state index in [0.29, 0.717) is 30.3 Å². The minimum atomic E-state index is 0.0792. The smallest absolute Gasteiger partial charge is 0.234 e. The van der Waals surface area contributed by atoms with Crippen molar-refractivity contribution in [2.45, 2.75) is 25.5 Å². The number of carbonyl (C=O) groups excluding carboxylic acids is 1. The number of ether oxygens (including phenoxy) is 4. The molecule has 0 aromatic heterocycles. The topological polar surface area (TPSA) is 72.5 Å². The van der Waals surface area contributed by atoms with E-state index < -0.39 is 0 Å². The summed E-state index contributed by atoms with van der Waals surface area (Å²) in [5.74, 6) is 2.07. The molecule has 0 radical (unpaired) electrons. The first-order chi connectivity index (χ1) is 14.1. The number of hydrogen-bond donors (Lipinski definition) is 1. The van der Waals surface area contributed by atoms with Gasteiger partial charge in [-0.2, -0.15) is 0 Å². The van der Waals surface area contributed by atoms with Crippen LogP contribution in [0.3, 0.4) is 0 Å². The van der Waals surface area contributed by atoms with Crippen LogP contribution in [0.25, 0.3) is 0 Å². The van der Waals surface area contributed by atoms with Gasteiger partial charge in [-0.1, -0.05) is 6.07 Å². The summed E-state index contributed by atoms with van der Waals surface area (Å²) in [7, 11) is 4.88. The number of hydrogen-bond acceptors (Lipinski definition) is 7. The first kappa shape index (κ1) is 21.7. The highest BCUT2D eigenvalue weighted by Gasteiger charge is 2.23. The van der Waals surface area contributed by atoms with Gasteiger partial charge < -0.3 is 24.3 Å². The fourth-order valence-corrected chi connectivity index (χ4v) is 3.93. The maximum atomic E-state index is 12.2. The lowest BCUT2D eigenvalue weighted by Crippen LogP contribution is -2.49. The third-order valence-electron chi connectivity index (χ3n) is 5.56. The third-order valence-corrected chi connectivity index (χ3v) is 5.56. The summed E-state index contributed by atoms with van der Waals surface area (Å²) in [6.45, 7) is 6.17. The summed E-state index contributed by atoms with van der Waals surface area (Å²) < 4.78 is 22.0. The summed E-state index contributed by atoms with van der Waals surface area (Å²) >= 11 is 0. The Bertz CT molecular complexity index is 671. The molecule has 1 aromatic rings. The van der Waals surface area contributed by atoms with Crippen molar-refractivity contribution in [1.29, 1.82) is 0 Å². The van der Waals surface area contributed by atoms with E-state index in [1.165, 1.54) is 0 Å². The van der Waals surface area contributed by atoms with Gasteiger partial charge in [0.1, 0.15) is 0 Å². The van der Waals surface area contributed by atoms with Gasteiger partial charge in [-0.05, 0) is 18.9 Å². The van der Waals surface area contributed by atoms with Crippen molar-refractivity contribution in [3.63, 3.8) is 0 Å². The molecule has 2 aliphatic heterocycles. The Hall–Kier alpha value is -2.03. The van der Waals surface area contributed by atoms with E-state index in [1.807, 2.05) is 12.1 Å². The lowest BCUT2D eigenvalue weighted by molar-refractivity contribution is -0.123. The number of benzene rings is 1. The van der Waals surface area contributed by atoms with Crippen molar-refractivity contribution in [3.8, 4) is 17.2 Å². The maximum Gasteiger partial charge on any atom is 0.234 e. The molecule has 29 heavy (non-hydrogen) atoms. The predicted octanol–water partition coefficient (Wildman–Crippen LogP) is 1.13. The van der Waals surface area contributed by atoms with Crippen LogP contribution in [0.5, 0.6) is 17.2 Å². The van der Waals surface area contributed by atoms with E-state index in [-0.39, 0.29) is 12.0 Å². The Morgan fingerprint density at radius 2 is 1.79 bits per heavy atom. The average Bonchev–Trinajstić information content (AvgIpc) is 3.27. The van der Waals surface area contributed by atoms with Gasteiger partial charge in [0, 0.05) is 51.4 Å². The first-order valence-electron chi connectivity index (χ1n) is 10.3. The van der Waals surface area contributed by atoms with Crippen molar-refractivity contribution < 1.29 is 23.7 Å². The highest BCUT2D eigenvalue weighted by atomic mass is 16.5. The molecule has 0 unspecified atom stereocenters. The number of methoxy groups -OCH3 is 3. The number of amides is 1. The molecule has 1 aromatic carbocycles. The quantitative estimate of drug-likeness (QED) is 0.658. The molecule has 162 valence electrons. The summed E-state index contributed by atoms with van der Waals surface area (Å²) in [5.41, 5.74) is 1.06. The Kier molecular flexibility index (Phi) is 7.97.